The van der Waals surface area contributed by atoms with Crippen molar-refractivity contribution in [2.24, 2.45) is 0 Å². The number of alkyl halides is 1. The summed E-state index contributed by atoms with van der Waals surface area (Å²) < 4.78 is 24.2. The molecule has 6 heteroatoms. The van der Waals surface area contributed by atoms with Gasteiger partial charge < -0.3 is 5.11 Å². The molecule has 0 spiro atoms. The first kappa shape index (κ1) is 16.2. The summed E-state index contributed by atoms with van der Waals surface area (Å²) >= 11 is 3.30. The van der Waals surface area contributed by atoms with Crippen molar-refractivity contribution in [3.8, 4) is 0 Å². The Hall–Kier alpha value is -0.880. The Kier molecular flexibility index (Phi) is 6.00. The summed E-state index contributed by atoms with van der Waals surface area (Å²) in [7, 11) is -3.32. The first-order chi connectivity index (χ1) is 8.81. The molecular weight excluding hydrogens is 332 g/mol. The van der Waals surface area contributed by atoms with E-state index in [-0.39, 0.29) is 17.0 Å². The lowest BCUT2D eigenvalue weighted by molar-refractivity contribution is -0.137. The van der Waals surface area contributed by atoms with E-state index < -0.39 is 15.8 Å². The van der Waals surface area contributed by atoms with Crippen molar-refractivity contribution < 1.29 is 18.3 Å². The molecular formula is C13H17BrO4S. The molecule has 1 aromatic carbocycles. The van der Waals surface area contributed by atoms with Crippen LogP contribution in [0.3, 0.4) is 0 Å². The molecule has 4 nitrogen and oxygen atoms in total. The Labute approximate surface area is 121 Å². The number of benzene rings is 1. The number of halogens is 1. The summed E-state index contributed by atoms with van der Waals surface area (Å²) in [5.41, 5.74) is 1.01. The monoisotopic (exact) mass is 348 g/mol. The average molecular weight is 349 g/mol. The zero-order chi connectivity index (χ0) is 14.5. The molecule has 1 unspecified atom stereocenters. The van der Waals surface area contributed by atoms with Gasteiger partial charge >= 0.3 is 5.97 Å². The van der Waals surface area contributed by atoms with Crippen LogP contribution in [0.5, 0.6) is 0 Å². The zero-order valence-electron chi connectivity index (χ0n) is 10.7. The van der Waals surface area contributed by atoms with Gasteiger partial charge in [-0.1, -0.05) is 33.6 Å². The number of aliphatic carboxylic acids is 1. The molecule has 0 aliphatic carbocycles. The van der Waals surface area contributed by atoms with E-state index in [1.54, 1.807) is 24.3 Å². The molecule has 0 saturated carbocycles. The third kappa shape index (κ3) is 5.74. The van der Waals surface area contributed by atoms with Crippen LogP contribution in [0.15, 0.2) is 29.2 Å². The van der Waals surface area contributed by atoms with E-state index in [4.69, 9.17) is 5.11 Å². The third-order valence-electron chi connectivity index (χ3n) is 2.69. The molecule has 19 heavy (non-hydrogen) atoms. The van der Waals surface area contributed by atoms with Crippen LogP contribution in [-0.4, -0.2) is 30.1 Å². The Morgan fingerprint density at radius 1 is 1.32 bits per heavy atom. The molecule has 1 rings (SSSR count). The maximum absolute atomic E-state index is 12.1. The number of carboxylic acid groups (broad SMARTS) is 1. The topological polar surface area (TPSA) is 71.4 Å². The second kappa shape index (κ2) is 7.05. The minimum atomic E-state index is -3.32. The highest BCUT2D eigenvalue weighted by Gasteiger charge is 2.19. The van der Waals surface area contributed by atoms with Crippen LogP contribution in [-0.2, 0) is 14.6 Å². The van der Waals surface area contributed by atoms with Crippen LogP contribution in [0.1, 0.15) is 24.8 Å². The van der Waals surface area contributed by atoms with Gasteiger partial charge in [0.1, 0.15) is 0 Å². The molecule has 1 N–H and O–H groups in total. The largest absolute Gasteiger partial charge is 0.481 e. The van der Waals surface area contributed by atoms with E-state index in [2.05, 4.69) is 15.9 Å². The molecule has 0 saturated heterocycles. The Balaban J connectivity index is 2.59. The van der Waals surface area contributed by atoms with Gasteiger partial charge in [0.15, 0.2) is 9.84 Å². The molecule has 0 amide bonds. The van der Waals surface area contributed by atoms with Crippen LogP contribution < -0.4 is 0 Å². The first-order valence-corrected chi connectivity index (χ1v) is 8.53. The maximum atomic E-state index is 12.1. The number of hydrogen-bond donors (Lipinski definition) is 1. The van der Waals surface area contributed by atoms with Crippen LogP contribution in [0, 0.1) is 6.92 Å². The van der Waals surface area contributed by atoms with Crippen LogP contribution in [0.2, 0.25) is 0 Å². The summed E-state index contributed by atoms with van der Waals surface area (Å²) in [6, 6.07) is 6.73. The Morgan fingerprint density at radius 3 is 2.42 bits per heavy atom. The average Bonchev–Trinajstić information content (AvgIpc) is 2.28. The lowest BCUT2D eigenvalue weighted by atomic mass is 10.2. The van der Waals surface area contributed by atoms with Crippen molar-refractivity contribution in [3.05, 3.63) is 29.8 Å². The highest BCUT2D eigenvalue weighted by molar-refractivity contribution is 9.09. The molecule has 1 aromatic rings. The molecule has 0 aromatic heterocycles. The van der Waals surface area contributed by atoms with Gasteiger partial charge in [-0.25, -0.2) is 8.42 Å². The van der Waals surface area contributed by atoms with Gasteiger partial charge in [-0.15, -0.1) is 0 Å². The summed E-state index contributed by atoms with van der Waals surface area (Å²) in [6.07, 6.45) is 1.05. The maximum Gasteiger partial charge on any atom is 0.303 e. The predicted molar refractivity (Wildman–Crippen MR) is 77.4 cm³/mol. The van der Waals surface area contributed by atoms with Gasteiger partial charge in [-0.05, 0) is 31.9 Å². The molecule has 0 aliphatic rings. The number of carbonyl (C=O) groups is 1. The number of carboxylic acids is 1. The SMILES string of the molecule is Cc1ccc(S(=O)(=O)CC(Br)CCCC(=O)O)cc1. The highest BCUT2D eigenvalue weighted by atomic mass is 79.9. The zero-order valence-corrected chi connectivity index (χ0v) is 13.1. The Bertz CT molecular complexity index is 522. The van der Waals surface area contributed by atoms with E-state index in [0.29, 0.717) is 17.7 Å². The van der Waals surface area contributed by atoms with Gasteiger partial charge in [0.05, 0.1) is 10.6 Å². The molecule has 0 fully saturated rings. The minimum absolute atomic E-state index is 0.0182. The first-order valence-electron chi connectivity index (χ1n) is 5.96. The lowest BCUT2D eigenvalue weighted by Gasteiger charge is -2.10. The minimum Gasteiger partial charge on any atom is -0.481 e. The molecule has 0 aliphatic heterocycles. The molecule has 106 valence electrons. The smallest absolute Gasteiger partial charge is 0.303 e. The van der Waals surface area contributed by atoms with E-state index in [1.807, 2.05) is 6.92 Å². The van der Waals surface area contributed by atoms with Crippen molar-refractivity contribution in [1.82, 2.24) is 0 Å². The summed E-state index contributed by atoms with van der Waals surface area (Å²) in [4.78, 5) is 10.5. The number of hydrogen-bond acceptors (Lipinski definition) is 3. The fraction of sp³-hybridized carbons (Fsp3) is 0.462. The van der Waals surface area contributed by atoms with E-state index in [1.165, 1.54) is 0 Å². The fourth-order valence-corrected chi connectivity index (χ4v) is 4.39. The predicted octanol–water partition coefficient (Wildman–Crippen LogP) is 2.79. The number of rotatable bonds is 7. The standard InChI is InChI=1S/C13H17BrO4S/c1-10-5-7-12(8-6-10)19(17,18)9-11(14)3-2-4-13(15)16/h5-8,11H,2-4,9H2,1H3,(H,15,16). The van der Waals surface area contributed by atoms with Gasteiger partial charge in [-0.2, -0.15) is 0 Å². The normalized spacial score (nSPS) is 13.2. The van der Waals surface area contributed by atoms with Crippen molar-refractivity contribution >= 4 is 31.7 Å². The number of aryl methyl sites for hydroxylation is 1. The summed E-state index contributed by atoms with van der Waals surface area (Å²) in [6.45, 7) is 1.90. The summed E-state index contributed by atoms with van der Waals surface area (Å²) in [5, 5.41) is 8.53. The van der Waals surface area contributed by atoms with Gasteiger partial charge in [0.2, 0.25) is 0 Å². The van der Waals surface area contributed by atoms with E-state index >= 15 is 0 Å². The van der Waals surface area contributed by atoms with Gasteiger partial charge in [-0.3, -0.25) is 4.79 Å². The van der Waals surface area contributed by atoms with Crippen LogP contribution in [0.25, 0.3) is 0 Å². The molecule has 0 heterocycles. The van der Waals surface area contributed by atoms with Crippen molar-refractivity contribution in [2.75, 3.05) is 5.75 Å². The van der Waals surface area contributed by atoms with Gasteiger partial charge in [0, 0.05) is 11.2 Å². The van der Waals surface area contributed by atoms with E-state index in [9.17, 15) is 13.2 Å². The summed E-state index contributed by atoms with van der Waals surface area (Å²) in [5.74, 6) is -0.878. The quantitative estimate of drug-likeness (QED) is 0.769. The van der Waals surface area contributed by atoms with Crippen molar-refractivity contribution in [3.63, 3.8) is 0 Å². The van der Waals surface area contributed by atoms with Crippen molar-refractivity contribution in [2.45, 2.75) is 35.9 Å². The fourth-order valence-electron chi connectivity index (χ4n) is 1.64. The van der Waals surface area contributed by atoms with Crippen LogP contribution in [0.4, 0.5) is 0 Å². The number of sulfone groups is 1. The Morgan fingerprint density at radius 2 is 1.89 bits per heavy atom. The highest BCUT2D eigenvalue weighted by Crippen LogP contribution is 2.18. The van der Waals surface area contributed by atoms with E-state index in [0.717, 1.165) is 5.56 Å². The van der Waals surface area contributed by atoms with Crippen molar-refractivity contribution in [1.29, 1.82) is 0 Å². The van der Waals surface area contributed by atoms with Crippen LogP contribution >= 0.6 is 15.9 Å². The lowest BCUT2D eigenvalue weighted by Crippen LogP contribution is -2.16. The third-order valence-corrected chi connectivity index (χ3v) is 5.73. The molecule has 0 radical (unpaired) electrons. The van der Waals surface area contributed by atoms with Gasteiger partial charge in [0.25, 0.3) is 0 Å². The second-order valence-corrected chi connectivity index (χ2v) is 7.81. The molecule has 0 bridgehead atoms. The second-order valence-electron chi connectivity index (χ2n) is 4.48. The molecule has 1 atom stereocenters.